The van der Waals surface area contributed by atoms with E-state index in [1.165, 1.54) is 0 Å². The Labute approximate surface area is 181 Å². The molecule has 0 radical (unpaired) electrons. The van der Waals surface area contributed by atoms with E-state index in [1.54, 1.807) is 19.1 Å². The molecule has 154 valence electrons. The minimum absolute atomic E-state index is 0.0946. The first-order valence-electron chi connectivity index (χ1n) is 9.90. The summed E-state index contributed by atoms with van der Waals surface area (Å²) in [5.41, 5.74) is 4.73. The molecular formula is C25H24ClNO3. The Morgan fingerprint density at radius 2 is 1.70 bits per heavy atom. The van der Waals surface area contributed by atoms with Gasteiger partial charge in [0.15, 0.2) is 5.78 Å². The number of anilines is 2. The Morgan fingerprint density at radius 3 is 2.43 bits per heavy atom. The predicted molar refractivity (Wildman–Crippen MR) is 121 cm³/mol. The van der Waals surface area contributed by atoms with Crippen molar-refractivity contribution in [3.63, 3.8) is 0 Å². The van der Waals surface area contributed by atoms with Gasteiger partial charge in [-0.3, -0.25) is 9.59 Å². The number of benzene rings is 3. The Bertz CT molecular complexity index is 1060. The molecule has 0 fully saturated rings. The number of halogens is 1. The highest BCUT2D eigenvalue weighted by Crippen LogP contribution is 2.28. The van der Waals surface area contributed by atoms with Crippen LogP contribution in [0, 0.1) is 6.92 Å². The van der Waals surface area contributed by atoms with Crippen molar-refractivity contribution in [2.24, 2.45) is 0 Å². The number of esters is 1. The summed E-state index contributed by atoms with van der Waals surface area (Å²) in [4.78, 5) is 24.2. The topological polar surface area (TPSA) is 55.4 Å². The number of ketones is 1. The van der Waals surface area contributed by atoms with E-state index in [2.05, 4.69) is 5.32 Å². The molecule has 0 aliphatic heterocycles. The average molecular weight is 422 g/mol. The monoisotopic (exact) mass is 421 g/mol. The van der Waals surface area contributed by atoms with Crippen LogP contribution in [-0.4, -0.2) is 18.4 Å². The maximum Gasteiger partial charge on any atom is 0.305 e. The van der Waals surface area contributed by atoms with Crippen LogP contribution in [0.25, 0.3) is 0 Å². The van der Waals surface area contributed by atoms with Gasteiger partial charge in [-0.05, 0) is 42.3 Å². The zero-order valence-corrected chi connectivity index (χ0v) is 17.8. The number of nitrogens with one attached hydrogen (secondary N) is 1. The Kier molecular flexibility index (Phi) is 7.26. The molecule has 0 aliphatic carbocycles. The van der Waals surface area contributed by atoms with Gasteiger partial charge in [-0.25, -0.2) is 0 Å². The van der Waals surface area contributed by atoms with Crippen molar-refractivity contribution in [1.29, 1.82) is 0 Å². The molecule has 0 atom stereocenters. The Balaban J connectivity index is 1.76. The molecule has 0 spiro atoms. The number of ether oxygens (including phenoxy) is 1. The smallest absolute Gasteiger partial charge is 0.305 e. The van der Waals surface area contributed by atoms with E-state index in [4.69, 9.17) is 16.3 Å². The fourth-order valence-corrected chi connectivity index (χ4v) is 3.41. The normalized spacial score (nSPS) is 10.5. The predicted octanol–water partition coefficient (Wildman–Crippen LogP) is 6.12. The van der Waals surface area contributed by atoms with E-state index in [1.807, 2.05) is 61.5 Å². The van der Waals surface area contributed by atoms with Crippen molar-refractivity contribution >= 4 is 34.7 Å². The molecule has 0 unspecified atom stereocenters. The average Bonchev–Trinajstić information content (AvgIpc) is 2.75. The van der Waals surface area contributed by atoms with E-state index in [0.29, 0.717) is 35.6 Å². The number of hydrogen-bond acceptors (Lipinski definition) is 4. The van der Waals surface area contributed by atoms with Crippen molar-refractivity contribution in [3.8, 4) is 0 Å². The van der Waals surface area contributed by atoms with Crippen molar-refractivity contribution < 1.29 is 14.3 Å². The molecule has 0 saturated carbocycles. The lowest BCUT2D eigenvalue weighted by Gasteiger charge is -2.14. The summed E-state index contributed by atoms with van der Waals surface area (Å²) in [6, 6.07) is 20.6. The molecule has 0 amide bonds. The second kappa shape index (κ2) is 10.1. The molecule has 3 aromatic carbocycles. The van der Waals surface area contributed by atoms with Gasteiger partial charge in [0.2, 0.25) is 0 Å². The van der Waals surface area contributed by atoms with E-state index in [9.17, 15) is 9.59 Å². The van der Waals surface area contributed by atoms with Crippen LogP contribution in [0.3, 0.4) is 0 Å². The van der Waals surface area contributed by atoms with Crippen molar-refractivity contribution in [2.75, 3.05) is 11.9 Å². The first-order valence-corrected chi connectivity index (χ1v) is 10.3. The third kappa shape index (κ3) is 5.28. The number of hydrogen-bond donors (Lipinski definition) is 1. The quantitative estimate of drug-likeness (QED) is 0.351. The molecule has 3 aromatic rings. The Morgan fingerprint density at radius 1 is 0.967 bits per heavy atom. The van der Waals surface area contributed by atoms with Gasteiger partial charge in [-0.2, -0.15) is 0 Å². The second-order valence-corrected chi connectivity index (χ2v) is 7.35. The third-order valence-corrected chi connectivity index (χ3v) is 5.14. The fourth-order valence-electron chi connectivity index (χ4n) is 3.14. The van der Waals surface area contributed by atoms with Gasteiger partial charge in [-0.15, -0.1) is 0 Å². The van der Waals surface area contributed by atoms with Gasteiger partial charge in [0.25, 0.3) is 0 Å². The number of carbonyl (C=O) groups excluding carboxylic acids is 2. The lowest BCUT2D eigenvalue weighted by molar-refractivity contribution is -0.143. The molecule has 5 heteroatoms. The van der Waals surface area contributed by atoms with Crippen molar-refractivity contribution in [1.82, 2.24) is 0 Å². The lowest BCUT2D eigenvalue weighted by Crippen LogP contribution is -2.07. The number of rotatable bonds is 8. The van der Waals surface area contributed by atoms with Crippen molar-refractivity contribution in [2.45, 2.75) is 26.7 Å². The summed E-state index contributed by atoms with van der Waals surface area (Å²) in [5.74, 6) is -0.302. The summed E-state index contributed by atoms with van der Waals surface area (Å²) in [6.07, 6.45) is 0.971. The SMILES string of the molecule is CCC(=O)OCCc1ccccc1Nc1ccc(C(=O)c2ccccc2C)c(Cl)c1. The number of aryl methyl sites for hydroxylation is 1. The Hall–Kier alpha value is -3.11. The minimum atomic E-state index is -0.207. The molecule has 30 heavy (non-hydrogen) atoms. The standard InChI is InChI=1S/C25H24ClNO3/c1-3-24(28)30-15-14-18-9-5-7-11-23(18)27-19-12-13-21(22(26)16-19)25(29)20-10-6-4-8-17(20)2/h4-13,16,27H,3,14-15H2,1-2H3. The van der Waals surface area contributed by atoms with Gasteiger partial charge in [0.1, 0.15) is 0 Å². The molecule has 4 nitrogen and oxygen atoms in total. The van der Waals surface area contributed by atoms with Gasteiger partial charge in [0.05, 0.1) is 11.6 Å². The highest BCUT2D eigenvalue weighted by Gasteiger charge is 2.15. The molecule has 1 N–H and O–H groups in total. The van der Waals surface area contributed by atoms with E-state index >= 15 is 0 Å². The number of para-hydroxylation sites is 1. The van der Waals surface area contributed by atoms with Crippen LogP contribution in [0.5, 0.6) is 0 Å². The molecule has 0 aromatic heterocycles. The zero-order valence-electron chi connectivity index (χ0n) is 17.1. The van der Waals surface area contributed by atoms with E-state index in [0.717, 1.165) is 22.5 Å². The maximum atomic E-state index is 12.9. The molecule has 0 heterocycles. The molecular weight excluding hydrogens is 398 g/mol. The van der Waals surface area contributed by atoms with E-state index < -0.39 is 0 Å². The molecule has 0 saturated heterocycles. The summed E-state index contributed by atoms with van der Waals surface area (Å²) in [5, 5.41) is 3.74. The summed E-state index contributed by atoms with van der Waals surface area (Å²) >= 11 is 6.45. The first kappa shape index (κ1) is 21.6. The van der Waals surface area contributed by atoms with Crippen LogP contribution >= 0.6 is 11.6 Å². The molecule has 0 bridgehead atoms. The van der Waals surface area contributed by atoms with Crippen LogP contribution in [-0.2, 0) is 16.0 Å². The number of carbonyl (C=O) groups is 2. The van der Waals surface area contributed by atoms with Crippen LogP contribution in [0.15, 0.2) is 66.7 Å². The van der Waals surface area contributed by atoms with Crippen LogP contribution in [0.4, 0.5) is 11.4 Å². The summed E-state index contributed by atoms with van der Waals surface area (Å²) in [6.45, 7) is 4.01. The largest absolute Gasteiger partial charge is 0.465 e. The van der Waals surface area contributed by atoms with E-state index in [-0.39, 0.29) is 11.8 Å². The summed E-state index contributed by atoms with van der Waals surface area (Å²) in [7, 11) is 0. The van der Waals surface area contributed by atoms with Gasteiger partial charge in [0, 0.05) is 35.3 Å². The highest BCUT2D eigenvalue weighted by atomic mass is 35.5. The summed E-state index contributed by atoms with van der Waals surface area (Å²) < 4.78 is 5.19. The van der Waals surface area contributed by atoms with Gasteiger partial charge in [-0.1, -0.05) is 61.0 Å². The molecule has 0 aliphatic rings. The fraction of sp³-hybridized carbons (Fsp3) is 0.200. The zero-order chi connectivity index (χ0) is 21.5. The van der Waals surface area contributed by atoms with Gasteiger partial charge >= 0.3 is 5.97 Å². The minimum Gasteiger partial charge on any atom is -0.465 e. The van der Waals surface area contributed by atoms with Crippen LogP contribution in [0.2, 0.25) is 5.02 Å². The van der Waals surface area contributed by atoms with Gasteiger partial charge < -0.3 is 10.1 Å². The lowest BCUT2D eigenvalue weighted by atomic mass is 9.99. The highest BCUT2D eigenvalue weighted by molar-refractivity contribution is 6.35. The second-order valence-electron chi connectivity index (χ2n) is 6.94. The first-order chi connectivity index (χ1) is 14.5. The van der Waals surface area contributed by atoms with Crippen molar-refractivity contribution in [3.05, 3.63) is 94.0 Å². The van der Waals surface area contributed by atoms with Crippen LogP contribution in [0.1, 0.15) is 40.4 Å². The molecule has 3 rings (SSSR count). The third-order valence-electron chi connectivity index (χ3n) is 4.82. The maximum absolute atomic E-state index is 12.9. The van der Waals surface area contributed by atoms with Crippen LogP contribution < -0.4 is 5.32 Å².